The molecule has 0 spiro atoms. The lowest BCUT2D eigenvalue weighted by Gasteiger charge is -1.98. The molecule has 0 aliphatic carbocycles. The minimum Gasteiger partial charge on any atom is -0.474 e. The van der Waals surface area contributed by atoms with Crippen molar-refractivity contribution in [2.24, 2.45) is 5.16 Å². The summed E-state index contributed by atoms with van der Waals surface area (Å²) >= 11 is 7.17. The molecule has 0 unspecified atom stereocenters. The third kappa shape index (κ3) is 2.90. The number of pyridine rings is 1. The predicted molar refractivity (Wildman–Crippen MR) is 85.3 cm³/mol. The average Bonchev–Trinajstić information content (AvgIpc) is 3.08. The first-order chi connectivity index (χ1) is 11.1. The summed E-state index contributed by atoms with van der Waals surface area (Å²) in [6.45, 7) is 0.348. The topological polar surface area (TPSA) is 80.8 Å². The zero-order chi connectivity index (χ0) is 16.4. The molecule has 0 aromatic carbocycles. The monoisotopic (exact) mass is 351 g/mol. The number of hydrogen-bond donors (Lipinski definition) is 1. The maximum atomic E-state index is 12.3. The number of nitrogens with zero attached hydrogens (tertiary/aromatic N) is 4. The normalized spacial score (nSPS) is 11.4. The van der Waals surface area contributed by atoms with Gasteiger partial charge in [-0.15, -0.1) is 11.3 Å². The van der Waals surface area contributed by atoms with Gasteiger partial charge in [-0.1, -0.05) is 22.8 Å². The van der Waals surface area contributed by atoms with Crippen LogP contribution in [-0.4, -0.2) is 33.8 Å². The number of oxime groups is 1. The molecule has 0 aliphatic rings. The highest BCUT2D eigenvalue weighted by atomic mass is 35.5. The standard InChI is InChI=1S/C14H11ClN4O3S/c1-22-17-7-10(20)12-13(21)18-5-3-2-4-11(18)19(12)8-9-6-16-14(15)23-9/h2-7H,8H2,1H3/p+1/b17-7+. The Morgan fingerprint density at radius 2 is 2.43 bits per heavy atom. The maximum absolute atomic E-state index is 12.3. The van der Waals surface area contributed by atoms with Crippen LogP contribution in [0.4, 0.5) is 0 Å². The second kappa shape index (κ2) is 6.35. The Morgan fingerprint density at radius 1 is 1.61 bits per heavy atom. The fourth-order valence-electron chi connectivity index (χ4n) is 2.26. The van der Waals surface area contributed by atoms with Crippen molar-refractivity contribution >= 4 is 40.6 Å². The summed E-state index contributed by atoms with van der Waals surface area (Å²) < 4.78 is 3.63. The second-order valence-electron chi connectivity index (χ2n) is 4.55. The molecule has 23 heavy (non-hydrogen) atoms. The Hall–Kier alpha value is -2.45. The molecular formula is C14H12ClN4O3S+. The van der Waals surface area contributed by atoms with E-state index in [0.717, 1.165) is 11.1 Å². The van der Waals surface area contributed by atoms with Crippen LogP contribution in [0, 0.1) is 0 Å². The van der Waals surface area contributed by atoms with Gasteiger partial charge in [0.25, 0.3) is 17.1 Å². The van der Waals surface area contributed by atoms with Crippen LogP contribution in [0.1, 0.15) is 15.4 Å². The summed E-state index contributed by atoms with van der Waals surface area (Å²) in [4.78, 5) is 21.7. The van der Waals surface area contributed by atoms with Crippen LogP contribution in [0.5, 0.6) is 5.88 Å². The first-order valence-electron chi connectivity index (χ1n) is 6.54. The maximum Gasteiger partial charge on any atom is 0.339 e. The number of fused-ring (bicyclic) bond motifs is 1. The Morgan fingerprint density at radius 3 is 3.13 bits per heavy atom. The molecule has 0 atom stereocenters. The van der Waals surface area contributed by atoms with Gasteiger partial charge in [0.05, 0.1) is 11.1 Å². The van der Waals surface area contributed by atoms with Gasteiger partial charge in [-0.25, -0.2) is 9.55 Å². The quantitative estimate of drug-likeness (QED) is 0.329. The van der Waals surface area contributed by atoms with Crippen molar-refractivity contribution in [2.75, 3.05) is 7.11 Å². The molecule has 3 heterocycles. The highest BCUT2D eigenvalue weighted by Crippen LogP contribution is 2.23. The summed E-state index contributed by atoms with van der Waals surface area (Å²) in [7, 11) is 1.34. The lowest BCUT2D eigenvalue weighted by atomic mass is 10.3. The van der Waals surface area contributed by atoms with Crippen molar-refractivity contribution in [3.8, 4) is 5.88 Å². The Labute approximate surface area is 140 Å². The number of aromatic hydroxyl groups is 1. The molecule has 118 valence electrons. The Balaban J connectivity index is 2.16. The van der Waals surface area contributed by atoms with E-state index in [0.29, 0.717) is 16.7 Å². The summed E-state index contributed by atoms with van der Waals surface area (Å²) in [6.07, 6.45) is 4.33. The summed E-state index contributed by atoms with van der Waals surface area (Å²) in [6, 6.07) is 5.38. The van der Waals surface area contributed by atoms with E-state index in [4.69, 9.17) is 11.6 Å². The fourth-order valence-corrected chi connectivity index (χ4v) is 3.23. The molecule has 0 saturated carbocycles. The average molecular weight is 352 g/mol. The molecule has 3 aromatic heterocycles. The van der Waals surface area contributed by atoms with Crippen LogP contribution in [0.25, 0.3) is 5.65 Å². The van der Waals surface area contributed by atoms with Crippen molar-refractivity contribution in [2.45, 2.75) is 6.54 Å². The van der Waals surface area contributed by atoms with E-state index < -0.39 is 5.78 Å². The molecule has 9 heteroatoms. The van der Waals surface area contributed by atoms with Gasteiger partial charge in [0.2, 0.25) is 0 Å². The molecule has 0 amide bonds. The molecule has 7 nitrogen and oxygen atoms in total. The fraction of sp³-hybridized carbons (Fsp3) is 0.143. The molecule has 0 aliphatic heterocycles. The number of imidazole rings is 1. The molecule has 1 N–H and O–H groups in total. The number of thiazole rings is 1. The molecule has 3 aromatic rings. The number of halogens is 1. The van der Waals surface area contributed by atoms with E-state index >= 15 is 0 Å². The van der Waals surface area contributed by atoms with Gasteiger partial charge in [0.1, 0.15) is 19.9 Å². The lowest BCUT2D eigenvalue weighted by molar-refractivity contribution is -0.521. The van der Waals surface area contributed by atoms with Crippen LogP contribution in [0.15, 0.2) is 35.7 Å². The minimum atomic E-state index is -0.469. The SMILES string of the molecule is CO/N=C/C(=O)c1c(O)[n+]2ccccc2n1Cc1cnc(Cl)s1. The van der Waals surface area contributed by atoms with E-state index in [1.54, 1.807) is 29.1 Å². The molecular weight excluding hydrogens is 340 g/mol. The number of ketones is 1. The number of aromatic nitrogens is 3. The third-order valence-corrected chi connectivity index (χ3v) is 4.27. The molecule has 0 radical (unpaired) electrons. The van der Waals surface area contributed by atoms with E-state index in [1.807, 2.05) is 6.07 Å². The van der Waals surface area contributed by atoms with Gasteiger partial charge in [0, 0.05) is 12.3 Å². The zero-order valence-electron chi connectivity index (χ0n) is 12.0. The molecule has 3 rings (SSSR count). The van der Waals surface area contributed by atoms with Crippen LogP contribution >= 0.6 is 22.9 Å². The number of Topliss-reactive ketones (excluding diaryl/α,β-unsaturated/α-hetero) is 1. The highest BCUT2D eigenvalue weighted by Gasteiger charge is 2.30. The number of carbonyl (C=O) groups excluding carboxylic acids is 1. The van der Waals surface area contributed by atoms with E-state index in [1.165, 1.54) is 22.8 Å². The third-order valence-electron chi connectivity index (χ3n) is 3.17. The van der Waals surface area contributed by atoms with Crippen LogP contribution in [0.2, 0.25) is 4.47 Å². The first kappa shape index (κ1) is 15.4. The second-order valence-corrected chi connectivity index (χ2v) is 6.25. The van der Waals surface area contributed by atoms with Crippen molar-refractivity contribution in [3.63, 3.8) is 0 Å². The van der Waals surface area contributed by atoms with Gasteiger partial charge in [-0.2, -0.15) is 4.40 Å². The van der Waals surface area contributed by atoms with Crippen molar-refractivity contribution in [3.05, 3.63) is 45.6 Å². The lowest BCUT2D eigenvalue weighted by Crippen LogP contribution is -2.19. The number of hydrogen-bond acceptors (Lipinski definition) is 6. The van der Waals surface area contributed by atoms with Crippen molar-refractivity contribution in [1.82, 2.24) is 9.55 Å². The van der Waals surface area contributed by atoms with Gasteiger partial charge < -0.3 is 9.94 Å². The van der Waals surface area contributed by atoms with Crippen molar-refractivity contribution in [1.29, 1.82) is 0 Å². The van der Waals surface area contributed by atoms with Crippen LogP contribution in [-0.2, 0) is 11.4 Å². The van der Waals surface area contributed by atoms with Gasteiger partial charge in [-0.3, -0.25) is 4.79 Å². The van der Waals surface area contributed by atoms with E-state index in [2.05, 4.69) is 15.0 Å². The Kier molecular flexibility index (Phi) is 4.26. The summed E-state index contributed by atoms with van der Waals surface area (Å²) in [5, 5.41) is 13.9. The van der Waals surface area contributed by atoms with Gasteiger partial charge in [0.15, 0.2) is 4.47 Å². The molecule has 0 bridgehead atoms. The van der Waals surface area contributed by atoms with Gasteiger partial charge in [-0.05, 0) is 6.07 Å². The largest absolute Gasteiger partial charge is 0.474 e. The zero-order valence-corrected chi connectivity index (χ0v) is 13.6. The highest BCUT2D eigenvalue weighted by molar-refractivity contribution is 7.15. The number of rotatable bonds is 5. The Bertz CT molecular complexity index is 903. The summed E-state index contributed by atoms with van der Waals surface area (Å²) in [5.74, 6) is -0.632. The first-order valence-corrected chi connectivity index (χ1v) is 7.74. The van der Waals surface area contributed by atoms with Crippen LogP contribution < -0.4 is 4.40 Å². The van der Waals surface area contributed by atoms with E-state index in [9.17, 15) is 9.90 Å². The van der Waals surface area contributed by atoms with E-state index in [-0.39, 0.29) is 11.6 Å². The summed E-state index contributed by atoms with van der Waals surface area (Å²) in [5.41, 5.74) is 0.769. The molecule has 0 fully saturated rings. The van der Waals surface area contributed by atoms with Crippen LogP contribution in [0.3, 0.4) is 0 Å². The number of carbonyl (C=O) groups is 1. The van der Waals surface area contributed by atoms with Gasteiger partial charge >= 0.3 is 5.88 Å². The molecule has 0 saturated heterocycles. The predicted octanol–water partition coefficient (Wildman–Crippen LogP) is 1.91. The van der Waals surface area contributed by atoms with Crippen molar-refractivity contribution < 1.29 is 19.1 Å². The minimum absolute atomic E-state index is 0.113. The smallest absolute Gasteiger partial charge is 0.339 e.